The second-order valence-electron chi connectivity index (χ2n) is 5.71. The number of anilines is 1. The van der Waals surface area contributed by atoms with Crippen molar-refractivity contribution >= 4 is 37.5 Å². The van der Waals surface area contributed by atoms with Gasteiger partial charge in [-0.25, -0.2) is 8.42 Å². The smallest absolute Gasteiger partial charge is 0.240 e. The third-order valence-electron chi connectivity index (χ3n) is 3.55. The number of nitrogens with zero attached hydrogens (tertiary/aromatic N) is 1. The van der Waals surface area contributed by atoms with Crippen LogP contribution in [0.4, 0.5) is 5.69 Å². The van der Waals surface area contributed by atoms with Gasteiger partial charge < -0.3 is 10.1 Å². The molecule has 2 aromatic carbocycles. The van der Waals surface area contributed by atoms with Gasteiger partial charge in [-0.3, -0.25) is 9.10 Å². The Kier molecular flexibility index (Phi) is 7.05. The van der Waals surface area contributed by atoms with Crippen molar-refractivity contribution in [2.75, 3.05) is 30.3 Å². The van der Waals surface area contributed by atoms with Crippen molar-refractivity contribution in [3.63, 3.8) is 0 Å². The van der Waals surface area contributed by atoms with E-state index in [-0.39, 0.29) is 13.1 Å². The number of ether oxygens (including phenoxy) is 1. The summed E-state index contributed by atoms with van der Waals surface area (Å²) in [5.41, 5.74) is 1.33. The zero-order chi connectivity index (χ0) is 19.2. The molecule has 26 heavy (non-hydrogen) atoms. The quantitative estimate of drug-likeness (QED) is 0.640. The number of hydrogen-bond donors (Lipinski definition) is 1. The molecule has 0 fully saturated rings. The molecular weight excluding hydrogens is 420 g/mol. The lowest BCUT2D eigenvalue weighted by molar-refractivity contribution is -0.119. The molecule has 0 aliphatic heterocycles. The summed E-state index contributed by atoms with van der Waals surface area (Å²) in [4.78, 5) is 12.2. The van der Waals surface area contributed by atoms with Crippen LogP contribution in [0.15, 0.2) is 53.0 Å². The average Bonchev–Trinajstić information content (AvgIpc) is 2.59. The molecule has 0 spiro atoms. The molecule has 0 saturated heterocycles. The van der Waals surface area contributed by atoms with Crippen LogP contribution >= 0.6 is 15.9 Å². The SMILES string of the molecule is Cc1cc(N(CC(=O)NCCOc2ccccc2)S(C)(=O)=O)ccc1Br. The number of nitrogens with one attached hydrogen (secondary N) is 1. The lowest BCUT2D eigenvalue weighted by atomic mass is 10.2. The average molecular weight is 441 g/mol. The van der Waals surface area contributed by atoms with Gasteiger partial charge in [0, 0.05) is 4.47 Å². The molecule has 0 saturated carbocycles. The van der Waals surface area contributed by atoms with Crippen molar-refractivity contribution in [2.24, 2.45) is 0 Å². The fourth-order valence-corrected chi connectivity index (χ4v) is 3.34. The number of aryl methyl sites for hydroxylation is 1. The zero-order valence-electron chi connectivity index (χ0n) is 14.6. The molecule has 0 radical (unpaired) electrons. The minimum absolute atomic E-state index is 0.282. The highest BCUT2D eigenvalue weighted by Crippen LogP contribution is 2.24. The molecule has 0 aliphatic rings. The van der Waals surface area contributed by atoms with Gasteiger partial charge in [0.2, 0.25) is 15.9 Å². The molecule has 6 nitrogen and oxygen atoms in total. The molecule has 0 bridgehead atoms. The largest absolute Gasteiger partial charge is 0.492 e. The summed E-state index contributed by atoms with van der Waals surface area (Å²) in [7, 11) is -3.59. The Morgan fingerprint density at radius 3 is 2.50 bits per heavy atom. The number of carbonyl (C=O) groups excluding carboxylic acids is 1. The Balaban J connectivity index is 1.93. The lowest BCUT2D eigenvalue weighted by Gasteiger charge is -2.22. The summed E-state index contributed by atoms with van der Waals surface area (Å²) in [6, 6.07) is 14.4. The van der Waals surface area contributed by atoms with Gasteiger partial charge in [-0.1, -0.05) is 34.1 Å². The molecule has 8 heteroatoms. The first-order valence-electron chi connectivity index (χ1n) is 7.96. The first-order valence-corrected chi connectivity index (χ1v) is 10.6. The summed E-state index contributed by atoms with van der Waals surface area (Å²) in [5, 5.41) is 2.67. The highest BCUT2D eigenvalue weighted by Gasteiger charge is 2.21. The molecule has 2 rings (SSSR count). The molecule has 0 aromatic heterocycles. The normalized spacial score (nSPS) is 11.0. The summed E-state index contributed by atoms with van der Waals surface area (Å²) in [6.07, 6.45) is 1.08. The van der Waals surface area contributed by atoms with E-state index in [0.717, 1.165) is 20.6 Å². The summed E-state index contributed by atoms with van der Waals surface area (Å²) in [6.45, 7) is 2.15. The van der Waals surface area contributed by atoms with Crippen LogP contribution in [-0.4, -0.2) is 40.3 Å². The van der Waals surface area contributed by atoms with Gasteiger partial charge in [-0.05, 0) is 42.8 Å². The third kappa shape index (κ3) is 6.03. The molecule has 1 amide bonds. The Bertz CT molecular complexity index is 857. The summed E-state index contributed by atoms with van der Waals surface area (Å²) < 4.78 is 31.6. The zero-order valence-corrected chi connectivity index (χ0v) is 17.0. The van der Waals surface area contributed by atoms with Gasteiger partial charge in [0.1, 0.15) is 18.9 Å². The maximum absolute atomic E-state index is 12.2. The molecule has 0 atom stereocenters. The van der Waals surface area contributed by atoms with E-state index < -0.39 is 15.9 Å². The van der Waals surface area contributed by atoms with Crippen LogP contribution in [0.2, 0.25) is 0 Å². The summed E-state index contributed by atoms with van der Waals surface area (Å²) in [5.74, 6) is 0.317. The first kappa shape index (κ1) is 20.3. The number of para-hydroxylation sites is 1. The highest BCUT2D eigenvalue weighted by molar-refractivity contribution is 9.10. The minimum atomic E-state index is -3.59. The van der Waals surface area contributed by atoms with Gasteiger partial charge >= 0.3 is 0 Å². The highest BCUT2D eigenvalue weighted by atomic mass is 79.9. The van der Waals surface area contributed by atoms with Crippen molar-refractivity contribution in [3.05, 3.63) is 58.6 Å². The van der Waals surface area contributed by atoms with E-state index in [1.165, 1.54) is 0 Å². The van der Waals surface area contributed by atoms with Crippen molar-refractivity contribution < 1.29 is 17.9 Å². The number of rotatable bonds is 8. The Morgan fingerprint density at radius 1 is 1.19 bits per heavy atom. The van der Waals surface area contributed by atoms with E-state index in [1.54, 1.807) is 18.2 Å². The van der Waals surface area contributed by atoms with Crippen molar-refractivity contribution in [3.8, 4) is 5.75 Å². The van der Waals surface area contributed by atoms with Gasteiger partial charge in [-0.2, -0.15) is 0 Å². The van der Waals surface area contributed by atoms with E-state index in [2.05, 4.69) is 21.2 Å². The Hall–Kier alpha value is -2.06. The first-order chi connectivity index (χ1) is 12.3. The van der Waals surface area contributed by atoms with Gasteiger partial charge in [0.05, 0.1) is 18.5 Å². The van der Waals surface area contributed by atoms with E-state index in [4.69, 9.17) is 4.74 Å². The van der Waals surface area contributed by atoms with Crippen LogP contribution in [0, 0.1) is 6.92 Å². The van der Waals surface area contributed by atoms with Crippen molar-refractivity contribution in [1.29, 1.82) is 0 Å². The fraction of sp³-hybridized carbons (Fsp3) is 0.278. The minimum Gasteiger partial charge on any atom is -0.492 e. The van der Waals surface area contributed by atoms with Crippen molar-refractivity contribution in [1.82, 2.24) is 5.32 Å². The number of halogens is 1. The van der Waals surface area contributed by atoms with E-state index in [9.17, 15) is 13.2 Å². The van der Waals surface area contributed by atoms with Crippen LogP contribution in [0.25, 0.3) is 0 Å². The maximum atomic E-state index is 12.2. The number of sulfonamides is 1. The number of benzene rings is 2. The number of amides is 1. The van der Waals surface area contributed by atoms with Gasteiger partial charge in [0.15, 0.2) is 0 Å². The molecular formula is C18H21BrN2O4S. The molecule has 0 heterocycles. The van der Waals surface area contributed by atoms with E-state index in [1.807, 2.05) is 37.3 Å². The van der Waals surface area contributed by atoms with Gasteiger partial charge in [0.25, 0.3) is 0 Å². The lowest BCUT2D eigenvalue weighted by Crippen LogP contribution is -2.41. The molecule has 2 aromatic rings. The van der Waals surface area contributed by atoms with E-state index >= 15 is 0 Å². The van der Waals surface area contributed by atoms with Crippen LogP contribution in [0.5, 0.6) is 5.75 Å². The summed E-state index contributed by atoms with van der Waals surface area (Å²) >= 11 is 3.38. The molecule has 0 unspecified atom stereocenters. The second-order valence-corrected chi connectivity index (χ2v) is 8.48. The van der Waals surface area contributed by atoms with E-state index in [0.29, 0.717) is 18.0 Å². The number of hydrogen-bond acceptors (Lipinski definition) is 4. The second kappa shape index (κ2) is 9.05. The predicted octanol–water partition coefficient (Wildman–Crippen LogP) is 2.72. The molecule has 140 valence electrons. The fourth-order valence-electron chi connectivity index (χ4n) is 2.25. The molecule has 0 aliphatic carbocycles. The van der Waals surface area contributed by atoms with Crippen LogP contribution in [0.1, 0.15) is 5.56 Å². The monoisotopic (exact) mass is 440 g/mol. The van der Waals surface area contributed by atoms with Crippen LogP contribution in [0.3, 0.4) is 0 Å². The Labute approximate surface area is 162 Å². The van der Waals surface area contributed by atoms with Crippen molar-refractivity contribution in [2.45, 2.75) is 6.92 Å². The Morgan fingerprint density at radius 2 is 1.88 bits per heavy atom. The molecule has 1 N–H and O–H groups in total. The predicted molar refractivity (Wildman–Crippen MR) is 106 cm³/mol. The van der Waals surface area contributed by atoms with Crippen LogP contribution < -0.4 is 14.4 Å². The third-order valence-corrected chi connectivity index (χ3v) is 5.58. The van der Waals surface area contributed by atoms with Crippen LogP contribution in [-0.2, 0) is 14.8 Å². The standard InChI is InChI=1S/C18H21BrN2O4S/c1-14-12-15(8-9-17(14)19)21(26(2,23)24)13-18(22)20-10-11-25-16-6-4-3-5-7-16/h3-9,12H,10-11,13H2,1-2H3,(H,20,22). The topological polar surface area (TPSA) is 75.7 Å². The van der Waals surface area contributed by atoms with Gasteiger partial charge in [-0.15, -0.1) is 0 Å². The number of carbonyl (C=O) groups is 1. The maximum Gasteiger partial charge on any atom is 0.240 e.